The molecule has 144 valence electrons. The van der Waals surface area contributed by atoms with Gasteiger partial charge in [-0.15, -0.1) is 35.3 Å². The van der Waals surface area contributed by atoms with Gasteiger partial charge in [-0.2, -0.15) is 0 Å². The lowest BCUT2D eigenvalue weighted by molar-refractivity contribution is 0.223. The number of rotatable bonds is 8. The fraction of sp³-hybridized carbons (Fsp3) is 0.444. The number of halogens is 2. The maximum atomic E-state index is 12.9. The Labute approximate surface area is 175 Å². The third-order valence-corrected chi connectivity index (χ3v) is 4.39. The van der Waals surface area contributed by atoms with E-state index in [1.165, 1.54) is 12.1 Å². The van der Waals surface area contributed by atoms with Crippen LogP contribution in [0.25, 0.3) is 0 Å². The lowest BCUT2D eigenvalue weighted by atomic mass is 10.3. The smallest absolute Gasteiger partial charge is 0.191 e. The summed E-state index contributed by atoms with van der Waals surface area (Å²) in [4.78, 5) is 9.07. The summed E-state index contributed by atoms with van der Waals surface area (Å²) in [5.74, 6) is 1.10. The molecule has 8 heteroatoms. The topological polar surface area (TPSA) is 58.5 Å². The predicted octanol–water partition coefficient (Wildman–Crippen LogP) is 3.99. The highest BCUT2D eigenvalue weighted by atomic mass is 127. The summed E-state index contributed by atoms with van der Waals surface area (Å²) >= 11 is 1.67. The molecule has 0 radical (unpaired) electrons. The number of thiazole rings is 1. The Kier molecular flexibility index (Phi) is 10.5. The Morgan fingerprint density at radius 3 is 2.62 bits per heavy atom. The molecule has 1 atom stereocenters. The molecule has 0 aliphatic heterocycles. The standard InChI is InChI=1S/C18H25FN4OS.HI/c1-4-17-23-15(12-25-17)11-22-18(20-5-2)21-10-13(3)24-16-8-6-14(19)7-9-16;/h6-9,12-13H,4-5,10-11H2,1-3H3,(H2,20,21,22);1H. The van der Waals surface area contributed by atoms with Crippen LogP contribution in [0.5, 0.6) is 5.75 Å². The van der Waals surface area contributed by atoms with Crippen LogP contribution in [-0.2, 0) is 13.0 Å². The van der Waals surface area contributed by atoms with Gasteiger partial charge in [0.1, 0.15) is 17.7 Å². The van der Waals surface area contributed by atoms with Gasteiger partial charge in [0.25, 0.3) is 0 Å². The summed E-state index contributed by atoms with van der Waals surface area (Å²) in [7, 11) is 0. The van der Waals surface area contributed by atoms with Crippen LogP contribution in [0.1, 0.15) is 31.5 Å². The van der Waals surface area contributed by atoms with Crippen molar-refractivity contribution in [3.8, 4) is 5.75 Å². The van der Waals surface area contributed by atoms with Crippen molar-refractivity contribution in [3.05, 3.63) is 46.2 Å². The van der Waals surface area contributed by atoms with E-state index in [9.17, 15) is 4.39 Å². The van der Waals surface area contributed by atoms with Crippen molar-refractivity contribution in [1.29, 1.82) is 0 Å². The monoisotopic (exact) mass is 492 g/mol. The number of benzene rings is 1. The molecule has 0 saturated carbocycles. The van der Waals surface area contributed by atoms with E-state index in [0.29, 0.717) is 18.8 Å². The first-order valence-electron chi connectivity index (χ1n) is 8.48. The van der Waals surface area contributed by atoms with E-state index >= 15 is 0 Å². The number of ether oxygens (including phenoxy) is 1. The Hall–Kier alpha value is -1.42. The minimum absolute atomic E-state index is 0. The minimum atomic E-state index is -0.270. The molecule has 1 unspecified atom stereocenters. The van der Waals surface area contributed by atoms with Gasteiger partial charge in [-0.25, -0.2) is 14.4 Å². The highest BCUT2D eigenvalue weighted by molar-refractivity contribution is 14.0. The van der Waals surface area contributed by atoms with Gasteiger partial charge in [-0.3, -0.25) is 0 Å². The third kappa shape index (κ3) is 7.86. The summed E-state index contributed by atoms with van der Waals surface area (Å²) in [6.45, 7) is 7.97. The van der Waals surface area contributed by atoms with Crippen molar-refractivity contribution < 1.29 is 9.13 Å². The number of aromatic nitrogens is 1. The quantitative estimate of drug-likeness (QED) is 0.333. The Morgan fingerprint density at radius 2 is 2.00 bits per heavy atom. The first-order chi connectivity index (χ1) is 12.1. The number of nitrogens with zero attached hydrogens (tertiary/aromatic N) is 2. The van der Waals surface area contributed by atoms with E-state index in [-0.39, 0.29) is 35.9 Å². The molecule has 0 fully saturated rings. The molecule has 0 saturated heterocycles. The van der Waals surface area contributed by atoms with Crippen molar-refractivity contribution in [2.24, 2.45) is 4.99 Å². The molecule has 0 aliphatic carbocycles. The molecule has 26 heavy (non-hydrogen) atoms. The number of hydrogen-bond acceptors (Lipinski definition) is 4. The third-order valence-electron chi connectivity index (χ3n) is 3.35. The second-order valence-electron chi connectivity index (χ2n) is 5.54. The van der Waals surface area contributed by atoms with Gasteiger partial charge in [0.05, 0.1) is 23.8 Å². The average Bonchev–Trinajstić information content (AvgIpc) is 3.07. The summed E-state index contributed by atoms with van der Waals surface area (Å²) in [5, 5.41) is 9.65. The fourth-order valence-corrected chi connectivity index (χ4v) is 2.85. The van der Waals surface area contributed by atoms with Crippen molar-refractivity contribution in [3.63, 3.8) is 0 Å². The van der Waals surface area contributed by atoms with Crippen LogP contribution >= 0.6 is 35.3 Å². The number of hydrogen-bond donors (Lipinski definition) is 2. The van der Waals surface area contributed by atoms with Crippen molar-refractivity contribution >= 4 is 41.3 Å². The van der Waals surface area contributed by atoms with Crippen molar-refractivity contribution in [1.82, 2.24) is 15.6 Å². The first kappa shape index (κ1) is 22.6. The van der Waals surface area contributed by atoms with Crippen molar-refractivity contribution in [2.75, 3.05) is 13.1 Å². The highest BCUT2D eigenvalue weighted by Crippen LogP contribution is 2.13. The maximum absolute atomic E-state index is 12.9. The average molecular weight is 492 g/mol. The van der Waals surface area contributed by atoms with Crippen LogP contribution in [0.3, 0.4) is 0 Å². The van der Waals surface area contributed by atoms with Gasteiger partial charge < -0.3 is 15.4 Å². The molecule has 5 nitrogen and oxygen atoms in total. The normalized spacial score (nSPS) is 12.2. The predicted molar refractivity (Wildman–Crippen MR) is 116 cm³/mol. The summed E-state index contributed by atoms with van der Waals surface area (Å²) < 4.78 is 18.7. The molecular weight excluding hydrogens is 466 g/mol. The Balaban J connectivity index is 0.00000338. The minimum Gasteiger partial charge on any atom is -0.489 e. The number of aliphatic imine (C=N–C) groups is 1. The molecular formula is C18H26FIN4OS. The largest absolute Gasteiger partial charge is 0.489 e. The van der Waals surface area contributed by atoms with E-state index < -0.39 is 0 Å². The number of nitrogens with one attached hydrogen (secondary N) is 2. The maximum Gasteiger partial charge on any atom is 0.191 e. The lowest BCUT2D eigenvalue weighted by Crippen LogP contribution is -2.41. The number of aryl methyl sites for hydroxylation is 1. The van der Waals surface area contributed by atoms with Gasteiger partial charge in [0, 0.05) is 11.9 Å². The van der Waals surface area contributed by atoms with Crippen LogP contribution in [0.15, 0.2) is 34.6 Å². The fourth-order valence-electron chi connectivity index (χ4n) is 2.11. The number of guanidine groups is 1. The Morgan fingerprint density at radius 1 is 1.27 bits per heavy atom. The SMILES string of the molecule is CCNC(=NCc1csc(CC)n1)NCC(C)Oc1ccc(F)cc1.I. The van der Waals surface area contributed by atoms with Gasteiger partial charge in [0.2, 0.25) is 0 Å². The van der Waals surface area contributed by atoms with E-state index in [1.807, 2.05) is 19.2 Å². The first-order valence-corrected chi connectivity index (χ1v) is 9.36. The molecule has 0 aliphatic rings. The molecule has 0 spiro atoms. The second-order valence-corrected chi connectivity index (χ2v) is 6.49. The van der Waals surface area contributed by atoms with Gasteiger partial charge in [-0.05, 0) is 44.5 Å². The zero-order chi connectivity index (χ0) is 18.1. The molecule has 1 heterocycles. The summed E-state index contributed by atoms with van der Waals surface area (Å²) in [6.07, 6.45) is 0.866. The molecule has 2 rings (SSSR count). The molecule has 0 amide bonds. The van der Waals surface area contributed by atoms with Crippen LogP contribution < -0.4 is 15.4 Å². The van der Waals surface area contributed by atoms with E-state index in [0.717, 1.165) is 29.6 Å². The van der Waals surface area contributed by atoms with E-state index in [4.69, 9.17) is 4.74 Å². The van der Waals surface area contributed by atoms with Crippen LogP contribution in [0, 0.1) is 5.82 Å². The van der Waals surface area contributed by atoms with E-state index in [2.05, 4.69) is 27.5 Å². The van der Waals surface area contributed by atoms with Gasteiger partial charge >= 0.3 is 0 Å². The van der Waals surface area contributed by atoms with Crippen LogP contribution in [0.2, 0.25) is 0 Å². The molecule has 1 aromatic heterocycles. The summed E-state index contributed by atoms with van der Waals surface area (Å²) in [6, 6.07) is 6.02. The van der Waals surface area contributed by atoms with Gasteiger partial charge in [0.15, 0.2) is 5.96 Å². The zero-order valence-corrected chi connectivity index (χ0v) is 18.4. The zero-order valence-electron chi connectivity index (χ0n) is 15.3. The summed E-state index contributed by atoms with van der Waals surface area (Å²) in [5.41, 5.74) is 0.981. The van der Waals surface area contributed by atoms with Crippen LogP contribution in [-0.4, -0.2) is 30.1 Å². The highest BCUT2D eigenvalue weighted by Gasteiger charge is 2.06. The Bertz CT molecular complexity index is 678. The molecule has 2 aromatic rings. The van der Waals surface area contributed by atoms with Crippen molar-refractivity contribution in [2.45, 2.75) is 39.8 Å². The molecule has 0 bridgehead atoms. The molecule has 1 aromatic carbocycles. The molecule has 2 N–H and O–H groups in total. The lowest BCUT2D eigenvalue weighted by Gasteiger charge is -2.17. The second kappa shape index (κ2) is 12.1. The van der Waals surface area contributed by atoms with Gasteiger partial charge in [-0.1, -0.05) is 6.92 Å². The van der Waals surface area contributed by atoms with E-state index in [1.54, 1.807) is 23.5 Å². The van der Waals surface area contributed by atoms with Crippen LogP contribution in [0.4, 0.5) is 4.39 Å².